The third-order valence-electron chi connectivity index (χ3n) is 3.32. The lowest BCUT2D eigenvalue weighted by Gasteiger charge is -2.12. The Kier molecular flexibility index (Phi) is 4.60. The summed E-state index contributed by atoms with van der Waals surface area (Å²) in [7, 11) is 0. The molecule has 0 bridgehead atoms. The van der Waals surface area contributed by atoms with Crippen LogP contribution in [0, 0.1) is 19.7 Å². The van der Waals surface area contributed by atoms with Gasteiger partial charge in [-0.05, 0) is 26.0 Å². The Bertz CT molecular complexity index is 895. The van der Waals surface area contributed by atoms with Gasteiger partial charge in [-0.15, -0.1) is 0 Å². The van der Waals surface area contributed by atoms with Crippen LogP contribution in [0.15, 0.2) is 42.9 Å². The minimum absolute atomic E-state index is 0.00222. The van der Waals surface area contributed by atoms with Crippen molar-refractivity contribution in [2.75, 3.05) is 5.32 Å². The Hall–Kier alpha value is -3.42. The highest BCUT2D eigenvalue weighted by Gasteiger charge is 2.15. The monoisotopic (exact) mass is 339 g/mol. The van der Waals surface area contributed by atoms with Crippen molar-refractivity contribution in [1.82, 2.24) is 19.9 Å². The quantitative estimate of drug-likeness (QED) is 0.786. The van der Waals surface area contributed by atoms with Crippen LogP contribution in [0.25, 0.3) is 0 Å². The Labute approximate surface area is 143 Å². The second-order valence-electron chi connectivity index (χ2n) is 5.13. The van der Waals surface area contributed by atoms with Gasteiger partial charge in [0.1, 0.15) is 5.69 Å². The molecule has 0 aliphatic rings. The van der Waals surface area contributed by atoms with E-state index in [1.54, 1.807) is 26.0 Å². The number of nitrogens with zero attached hydrogens (tertiary/aromatic N) is 4. The topological polar surface area (TPSA) is 89.9 Å². The largest absolute Gasteiger partial charge is 0.421 e. The van der Waals surface area contributed by atoms with Gasteiger partial charge in [0.05, 0.1) is 23.3 Å². The molecule has 25 heavy (non-hydrogen) atoms. The second-order valence-corrected chi connectivity index (χ2v) is 5.13. The molecule has 1 aromatic carbocycles. The minimum Gasteiger partial charge on any atom is -0.421 e. The number of para-hydroxylation sites is 1. The zero-order valence-corrected chi connectivity index (χ0v) is 13.5. The summed E-state index contributed by atoms with van der Waals surface area (Å²) in [6, 6.07) is 5.97. The summed E-state index contributed by atoms with van der Waals surface area (Å²) < 4.78 is 19.0. The molecule has 126 valence electrons. The first-order chi connectivity index (χ1) is 12.0. The Morgan fingerprint density at radius 2 is 1.84 bits per heavy atom. The number of benzene rings is 1. The molecule has 3 rings (SSSR count). The van der Waals surface area contributed by atoms with Crippen molar-refractivity contribution in [3.05, 3.63) is 65.8 Å². The van der Waals surface area contributed by atoms with Crippen molar-refractivity contribution >= 4 is 11.6 Å². The third kappa shape index (κ3) is 3.74. The number of hydrogen-bond donors (Lipinski definition) is 1. The highest BCUT2D eigenvalue weighted by molar-refractivity contribution is 6.03. The predicted molar refractivity (Wildman–Crippen MR) is 88.0 cm³/mol. The predicted octanol–water partition coefficient (Wildman–Crippen LogP) is 3.07. The fourth-order valence-electron chi connectivity index (χ4n) is 2.13. The Balaban J connectivity index is 1.83. The number of nitrogens with one attached hydrogen (secondary N) is 1. The Morgan fingerprint density at radius 3 is 2.48 bits per heavy atom. The lowest BCUT2D eigenvalue weighted by atomic mass is 10.2. The number of anilines is 1. The first kappa shape index (κ1) is 16.4. The van der Waals surface area contributed by atoms with E-state index in [1.807, 2.05) is 0 Å². The van der Waals surface area contributed by atoms with Gasteiger partial charge < -0.3 is 10.1 Å². The smallest absolute Gasteiger partial charge is 0.322 e. The molecule has 0 unspecified atom stereocenters. The highest BCUT2D eigenvalue weighted by atomic mass is 19.1. The molecule has 0 aliphatic carbocycles. The van der Waals surface area contributed by atoms with Crippen LogP contribution in [0.5, 0.6) is 11.8 Å². The van der Waals surface area contributed by atoms with Crippen molar-refractivity contribution in [3.63, 3.8) is 0 Å². The average Bonchev–Trinajstić information content (AvgIpc) is 2.61. The van der Waals surface area contributed by atoms with Crippen molar-refractivity contribution in [2.24, 2.45) is 0 Å². The fraction of sp³-hybridized carbons (Fsp3) is 0.118. The molecule has 0 saturated carbocycles. The van der Waals surface area contributed by atoms with Gasteiger partial charge in [-0.3, -0.25) is 9.78 Å². The van der Waals surface area contributed by atoms with E-state index in [2.05, 4.69) is 25.3 Å². The van der Waals surface area contributed by atoms with Gasteiger partial charge in [-0.25, -0.2) is 9.37 Å². The number of halogens is 1. The van der Waals surface area contributed by atoms with E-state index in [0.29, 0.717) is 17.1 Å². The first-order valence-electron chi connectivity index (χ1n) is 7.39. The zero-order valence-electron chi connectivity index (χ0n) is 13.5. The molecule has 2 heterocycles. The SMILES string of the molecule is Cc1nc(Oc2ccccc2F)nc(C)c1NC(=O)c1cnccn1. The maximum absolute atomic E-state index is 13.7. The number of hydrogen-bond acceptors (Lipinski definition) is 6. The number of ether oxygens (including phenoxy) is 1. The molecule has 0 fully saturated rings. The first-order valence-corrected chi connectivity index (χ1v) is 7.39. The third-order valence-corrected chi connectivity index (χ3v) is 3.32. The molecule has 0 spiro atoms. The molecular weight excluding hydrogens is 325 g/mol. The standard InChI is InChI=1S/C17H14FN5O2/c1-10-15(23-16(24)13-9-19-7-8-20-13)11(2)22-17(21-10)25-14-6-4-3-5-12(14)18/h3-9H,1-2H3,(H,23,24). The molecule has 0 radical (unpaired) electrons. The van der Waals surface area contributed by atoms with Crippen molar-refractivity contribution in [2.45, 2.75) is 13.8 Å². The number of carbonyl (C=O) groups excluding carboxylic acids is 1. The van der Waals surface area contributed by atoms with Gasteiger partial charge in [0, 0.05) is 12.4 Å². The molecule has 8 heteroatoms. The van der Waals surface area contributed by atoms with Crippen LogP contribution < -0.4 is 10.1 Å². The van der Waals surface area contributed by atoms with E-state index < -0.39 is 11.7 Å². The van der Waals surface area contributed by atoms with E-state index in [-0.39, 0.29) is 17.5 Å². The van der Waals surface area contributed by atoms with Crippen LogP contribution in [0.3, 0.4) is 0 Å². The molecule has 0 atom stereocenters. The summed E-state index contributed by atoms with van der Waals surface area (Å²) in [5, 5.41) is 2.70. The number of aromatic nitrogens is 4. The van der Waals surface area contributed by atoms with E-state index in [0.717, 1.165) is 0 Å². The van der Waals surface area contributed by atoms with Crippen LogP contribution in [-0.4, -0.2) is 25.8 Å². The zero-order chi connectivity index (χ0) is 17.8. The van der Waals surface area contributed by atoms with Crippen LogP contribution in [0.1, 0.15) is 21.9 Å². The summed E-state index contributed by atoms with van der Waals surface area (Å²) in [6.07, 6.45) is 4.26. The molecule has 7 nitrogen and oxygen atoms in total. The maximum atomic E-state index is 13.7. The second kappa shape index (κ2) is 7.00. The van der Waals surface area contributed by atoms with E-state index in [1.165, 1.54) is 30.7 Å². The maximum Gasteiger partial charge on any atom is 0.322 e. The van der Waals surface area contributed by atoms with Crippen LogP contribution in [0.4, 0.5) is 10.1 Å². The van der Waals surface area contributed by atoms with Gasteiger partial charge in [-0.2, -0.15) is 9.97 Å². The summed E-state index contributed by atoms with van der Waals surface area (Å²) in [5.74, 6) is -0.912. The van der Waals surface area contributed by atoms with Gasteiger partial charge in [0.2, 0.25) is 0 Å². The molecule has 1 N–H and O–H groups in total. The molecule has 1 amide bonds. The fourth-order valence-corrected chi connectivity index (χ4v) is 2.13. The van der Waals surface area contributed by atoms with Gasteiger partial charge in [0.25, 0.3) is 5.91 Å². The van der Waals surface area contributed by atoms with Crippen LogP contribution >= 0.6 is 0 Å². The highest BCUT2D eigenvalue weighted by Crippen LogP contribution is 2.25. The van der Waals surface area contributed by atoms with E-state index in [4.69, 9.17) is 4.74 Å². The minimum atomic E-state index is -0.513. The molecular formula is C17H14FN5O2. The van der Waals surface area contributed by atoms with Crippen LogP contribution in [0.2, 0.25) is 0 Å². The normalized spacial score (nSPS) is 10.4. The summed E-state index contributed by atoms with van der Waals surface area (Å²) in [4.78, 5) is 28.3. The molecule has 2 aromatic heterocycles. The lowest BCUT2D eigenvalue weighted by molar-refractivity contribution is 0.102. The summed E-state index contributed by atoms with van der Waals surface area (Å²) in [6.45, 7) is 3.38. The van der Waals surface area contributed by atoms with E-state index >= 15 is 0 Å². The molecule has 3 aromatic rings. The number of carbonyl (C=O) groups is 1. The van der Waals surface area contributed by atoms with Crippen LogP contribution in [-0.2, 0) is 0 Å². The lowest BCUT2D eigenvalue weighted by Crippen LogP contribution is -2.16. The number of amides is 1. The summed E-state index contributed by atoms with van der Waals surface area (Å²) >= 11 is 0. The van der Waals surface area contributed by atoms with Gasteiger partial charge >= 0.3 is 6.01 Å². The number of rotatable bonds is 4. The average molecular weight is 339 g/mol. The van der Waals surface area contributed by atoms with Crippen molar-refractivity contribution < 1.29 is 13.9 Å². The van der Waals surface area contributed by atoms with Gasteiger partial charge in [0.15, 0.2) is 11.6 Å². The summed E-state index contributed by atoms with van der Waals surface area (Å²) in [5.41, 5.74) is 1.58. The van der Waals surface area contributed by atoms with Gasteiger partial charge in [-0.1, -0.05) is 12.1 Å². The Morgan fingerprint density at radius 1 is 1.12 bits per heavy atom. The molecule has 0 saturated heterocycles. The van der Waals surface area contributed by atoms with E-state index in [9.17, 15) is 9.18 Å². The van der Waals surface area contributed by atoms with Crippen molar-refractivity contribution in [3.8, 4) is 11.8 Å². The van der Waals surface area contributed by atoms with Crippen molar-refractivity contribution in [1.29, 1.82) is 0 Å². The molecule has 0 aliphatic heterocycles. The number of aryl methyl sites for hydroxylation is 2.